The number of hydrogen-bond acceptors (Lipinski definition) is 7. The maximum atomic E-state index is 13.7. The molecule has 2 aromatic rings. The highest BCUT2D eigenvalue weighted by molar-refractivity contribution is 7.88. The molecular formula is C28H32FN5O7S. The number of urea groups is 1. The van der Waals surface area contributed by atoms with E-state index in [1.54, 1.807) is 30.3 Å². The molecule has 5 amide bonds. The molecule has 14 heteroatoms. The van der Waals surface area contributed by atoms with E-state index in [0.29, 0.717) is 36.1 Å². The highest BCUT2D eigenvalue weighted by Gasteiger charge is 2.58. The van der Waals surface area contributed by atoms with Gasteiger partial charge in [-0.2, -0.15) is 0 Å². The van der Waals surface area contributed by atoms with Crippen molar-refractivity contribution in [1.29, 1.82) is 0 Å². The fourth-order valence-electron chi connectivity index (χ4n) is 5.84. The predicted octanol–water partition coefficient (Wildman–Crippen LogP) is 2.15. The Morgan fingerprint density at radius 2 is 1.81 bits per heavy atom. The Balaban J connectivity index is 1.35. The first-order valence-electron chi connectivity index (χ1n) is 13.6. The average Bonchev–Trinajstić information content (AvgIpc) is 3.43. The largest absolute Gasteiger partial charge is 0.427 e. The van der Waals surface area contributed by atoms with Crippen molar-refractivity contribution in [3.8, 4) is 0 Å². The van der Waals surface area contributed by atoms with Crippen molar-refractivity contribution in [1.82, 2.24) is 19.4 Å². The van der Waals surface area contributed by atoms with Crippen LogP contribution in [0.2, 0.25) is 0 Å². The molecule has 2 N–H and O–H groups in total. The van der Waals surface area contributed by atoms with Crippen molar-refractivity contribution in [2.75, 3.05) is 38.3 Å². The van der Waals surface area contributed by atoms with E-state index in [-0.39, 0.29) is 32.1 Å². The zero-order chi connectivity index (χ0) is 30.2. The highest BCUT2D eigenvalue weighted by Crippen LogP contribution is 2.46. The molecule has 0 saturated carbocycles. The lowest BCUT2D eigenvalue weighted by molar-refractivity contribution is -0.143. The Hall–Kier alpha value is -4.04. The number of carbonyl (C=O) groups is 4. The Morgan fingerprint density at radius 1 is 1.12 bits per heavy atom. The van der Waals surface area contributed by atoms with Crippen LogP contribution < -0.4 is 10.6 Å². The SMILES string of the molecule is CNC(=O)Nc1ccc2c(c1)CC[C@@]21OC(=O)N(CC(=O)N(Cc2ccc(F)cc2)C2CCN(S(C)(=O)=O)CC2)C1=O. The van der Waals surface area contributed by atoms with Gasteiger partial charge in [0.2, 0.25) is 21.5 Å². The predicted molar refractivity (Wildman–Crippen MR) is 149 cm³/mol. The van der Waals surface area contributed by atoms with Gasteiger partial charge in [-0.15, -0.1) is 0 Å². The summed E-state index contributed by atoms with van der Waals surface area (Å²) in [4.78, 5) is 54.5. The van der Waals surface area contributed by atoms with Crippen LogP contribution in [0.15, 0.2) is 42.5 Å². The van der Waals surface area contributed by atoms with Crippen LogP contribution in [0, 0.1) is 5.82 Å². The fourth-order valence-corrected chi connectivity index (χ4v) is 6.72. The van der Waals surface area contributed by atoms with Gasteiger partial charge in [-0.3, -0.25) is 9.59 Å². The van der Waals surface area contributed by atoms with Gasteiger partial charge in [0.25, 0.3) is 5.91 Å². The normalized spacial score (nSPS) is 20.9. The number of aryl methyl sites for hydroxylation is 1. The smallest absolute Gasteiger partial charge is 0.418 e. The molecule has 2 aliphatic heterocycles. The maximum absolute atomic E-state index is 13.7. The quantitative estimate of drug-likeness (QED) is 0.495. The molecule has 42 heavy (non-hydrogen) atoms. The Labute approximate surface area is 242 Å². The summed E-state index contributed by atoms with van der Waals surface area (Å²) in [6.07, 6.45) is 1.56. The number of carbonyl (C=O) groups excluding carboxylic acids is 4. The molecule has 12 nitrogen and oxygen atoms in total. The molecule has 0 unspecified atom stereocenters. The molecule has 5 rings (SSSR count). The number of halogens is 1. The topological polar surface area (TPSA) is 145 Å². The molecule has 2 aromatic carbocycles. The molecule has 2 saturated heterocycles. The summed E-state index contributed by atoms with van der Waals surface area (Å²) in [6.45, 7) is -0.0244. The van der Waals surface area contributed by atoms with Crippen molar-refractivity contribution in [3.05, 3.63) is 65.0 Å². The number of amides is 5. The number of nitrogens with zero attached hydrogens (tertiary/aromatic N) is 3. The number of imide groups is 1. The number of fused-ring (bicyclic) bond motifs is 2. The molecule has 0 aromatic heterocycles. The Morgan fingerprint density at radius 3 is 2.45 bits per heavy atom. The maximum Gasteiger partial charge on any atom is 0.418 e. The van der Waals surface area contributed by atoms with Crippen molar-refractivity contribution >= 4 is 39.6 Å². The molecule has 1 spiro atoms. The summed E-state index contributed by atoms with van der Waals surface area (Å²) in [5.74, 6) is -1.58. The minimum atomic E-state index is -3.39. The number of anilines is 1. The monoisotopic (exact) mass is 601 g/mol. The molecule has 2 fully saturated rings. The second-order valence-corrected chi connectivity index (χ2v) is 12.7. The van der Waals surface area contributed by atoms with Crippen LogP contribution in [-0.4, -0.2) is 85.4 Å². The van der Waals surface area contributed by atoms with Crippen molar-refractivity contribution < 1.29 is 36.7 Å². The van der Waals surface area contributed by atoms with E-state index < -0.39 is 51.9 Å². The summed E-state index contributed by atoms with van der Waals surface area (Å²) < 4.78 is 44.6. The van der Waals surface area contributed by atoms with Crippen LogP contribution >= 0.6 is 0 Å². The standard InChI is InChI=1S/C28H32FN5O7S/c1-30-26(37)31-21-7-8-23-19(15-21)9-12-28(23)25(36)34(27(38)41-28)17-24(35)33(16-18-3-5-20(29)6-4-18)22-10-13-32(14-11-22)42(2,39)40/h3-8,15,22H,9-14,16-17H2,1-2H3,(H2,30,31,37)/t28-/m1/s1. The highest BCUT2D eigenvalue weighted by atomic mass is 32.2. The number of piperidine rings is 1. The molecule has 224 valence electrons. The van der Waals surface area contributed by atoms with Crippen LogP contribution in [0.5, 0.6) is 0 Å². The lowest BCUT2D eigenvalue weighted by Gasteiger charge is -2.38. The van der Waals surface area contributed by atoms with Gasteiger partial charge in [-0.25, -0.2) is 31.6 Å². The fraction of sp³-hybridized carbons (Fsp3) is 0.429. The number of ether oxygens (including phenoxy) is 1. The summed E-state index contributed by atoms with van der Waals surface area (Å²) >= 11 is 0. The molecule has 1 atom stereocenters. The number of hydrogen-bond donors (Lipinski definition) is 2. The minimum absolute atomic E-state index is 0.0921. The lowest BCUT2D eigenvalue weighted by atomic mass is 9.94. The van der Waals surface area contributed by atoms with Gasteiger partial charge in [0.1, 0.15) is 12.4 Å². The zero-order valence-corrected chi connectivity index (χ0v) is 24.1. The van der Waals surface area contributed by atoms with Crippen LogP contribution in [0.25, 0.3) is 0 Å². The van der Waals surface area contributed by atoms with Crippen LogP contribution in [0.3, 0.4) is 0 Å². The van der Waals surface area contributed by atoms with Gasteiger partial charge in [0.05, 0.1) is 6.26 Å². The molecule has 0 radical (unpaired) electrons. The zero-order valence-electron chi connectivity index (χ0n) is 23.3. The van der Waals surface area contributed by atoms with Crippen molar-refractivity contribution in [2.24, 2.45) is 0 Å². The van der Waals surface area contributed by atoms with Gasteiger partial charge in [0, 0.05) is 50.4 Å². The number of rotatable bonds is 7. The minimum Gasteiger partial charge on any atom is -0.427 e. The molecule has 0 bridgehead atoms. The first-order valence-corrected chi connectivity index (χ1v) is 15.4. The Bertz CT molecular complexity index is 1530. The lowest BCUT2D eigenvalue weighted by Crippen LogP contribution is -2.51. The average molecular weight is 602 g/mol. The third kappa shape index (κ3) is 5.68. The van der Waals surface area contributed by atoms with E-state index >= 15 is 0 Å². The van der Waals surface area contributed by atoms with Crippen LogP contribution in [0.4, 0.5) is 19.7 Å². The van der Waals surface area contributed by atoms with E-state index in [9.17, 15) is 32.0 Å². The first-order chi connectivity index (χ1) is 19.9. The molecular weight excluding hydrogens is 569 g/mol. The van der Waals surface area contributed by atoms with Gasteiger partial charge in [-0.05, 0) is 54.7 Å². The second kappa shape index (κ2) is 11.3. The molecule has 1 aliphatic carbocycles. The van der Waals surface area contributed by atoms with Crippen LogP contribution in [-0.2, 0) is 42.9 Å². The van der Waals surface area contributed by atoms with Crippen molar-refractivity contribution in [2.45, 2.75) is 43.9 Å². The van der Waals surface area contributed by atoms with Gasteiger partial charge in [-0.1, -0.05) is 18.2 Å². The summed E-state index contributed by atoms with van der Waals surface area (Å²) in [7, 11) is -1.90. The number of sulfonamides is 1. The number of nitrogens with one attached hydrogen (secondary N) is 2. The summed E-state index contributed by atoms with van der Waals surface area (Å²) in [6, 6.07) is 9.88. The van der Waals surface area contributed by atoms with Crippen molar-refractivity contribution in [3.63, 3.8) is 0 Å². The van der Waals surface area contributed by atoms with Crippen LogP contribution in [0.1, 0.15) is 36.0 Å². The van der Waals surface area contributed by atoms with E-state index in [0.717, 1.165) is 16.7 Å². The van der Waals surface area contributed by atoms with Gasteiger partial charge >= 0.3 is 12.1 Å². The van der Waals surface area contributed by atoms with E-state index in [2.05, 4.69) is 10.6 Å². The van der Waals surface area contributed by atoms with E-state index in [1.807, 2.05) is 0 Å². The third-order valence-electron chi connectivity index (χ3n) is 8.06. The van der Waals surface area contributed by atoms with E-state index in [1.165, 1.54) is 28.4 Å². The molecule has 3 aliphatic rings. The Kier molecular flexibility index (Phi) is 7.94. The summed E-state index contributed by atoms with van der Waals surface area (Å²) in [5.41, 5.74) is 0.865. The van der Waals surface area contributed by atoms with Gasteiger partial charge in [0.15, 0.2) is 0 Å². The summed E-state index contributed by atoms with van der Waals surface area (Å²) in [5, 5.41) is 5.14. The van der Waals surface area contributed by atoms with E-state index in [4.69, 9.17) is 4.74 Å². The third-order valence-corrected chi connectivity index (χ3v) is 9.36. The van der Waals surface area contributed by atoms with Gasteiger partial charge < -0.3 is 20.3 Å². The first kappa shape index (κ1) is 29.5. The molecule has 2 heterocycles. The number of benzene rings is 2. The second-order valence-electron chi connectivity index (χ2n) is 10.7.